The molecule has 0 aromatic heterocycles. The van der Waals surface area contributed by atoms with Crippen molar-refractivity contribution in [3.8, 4) is 0 Å². The van der Waals surface area contributed by atoms with Crippen LogP contribution in [-0.4, -0.2) is 29.9 Å². The lowest BCUT2D eigenvalue weighted by Crippen LogP contribution is -2.69. The second kappa shape index (κ2) is 8.27. The third-order valence-corrected chi connectivity index (χ3v) is 5.40. The largest absolute Gasteiger partial charge is 0.460 e. The molecule has 0 bridgehead atoms. The first kappa shape index (κ1) is 27.8. The van der Waals surface area contributed by atoms with E-state index >= 15 is 0 Å². The quantitative estimate of drug-likeness (QED) is 0.203. The first-order valence-corrected chi connectivity index (χ1v) is 10.00. The zero-order valence-corrected chi connectivity index (χ0v) is 18.3. The highest BCUT2D eigenvalue weighted by Crippen LogP contribution is 2.62. The predicted molar refractivity (Wildman–Crippen MR) is 89.4 cm³/mol. The Morgan fingerprint density at radius 1 is 0.667 bits per heavy atom. The Bertz CT molecular complexity index is 771. The Labute approximate surface area is 184 Å². The highest BCUT2D eigenvalue weighted by atomic mass is 79.9. The molecule has 0 saturated carbocycles. The summed E-state index contributed by atoms with van der Waals surface area (Å²) in [6.45, 7) is 0. The number of benzene rings is 1. The van der Waals surface area contributed by atoms with Gasteiger partial charge >= 0.3 is 35.8 Å². The van der Waals surface area contributed by atoms with Gasteiger partial charge in [0, 0.05) is 10.9 Å². The zero-order chi connectivity index (χ0) is 24.1. The molecule has 0 atom stereocenters. The van der Waals surface area contributed by atoms with E-state index in [0.717, 1.165) is 6.07 Å². The van der Waals surface area contributed by atoms with Crippen molar-refractivity contribution in [1.82, 2.24) is 0 Å². The molecule has 30 heavy (non-hydrogen) atoms. The first-order chi connectivity index (χ1) is 13.1. The molecule has 1 aromatic rings. The number of alkyl halides is 16. The van der Waals surface area contributed by atoms with E-state index in [1.54, 1.807) is 0 Å². The third kappa shape index (κ3) is 3.97. The van der Waals surface area contributed by atoms with Crippen LogP contribution in [0.4, 0.5) is 57.1 Å². The summed E-state index contributed by atoms with van der Waals surface area (Å²) < 4.78 is 172. The molecule has 1 aromatic carbocycles. The Hall–Kier alpha value is -0.250. The maximum absolute atomic E-state index is 14.4. The molecule has 0 unspecified atom stereocenters. The maximum Gasteiger partial charge on any atom is 0.460 e. The highest BCUT2D eigenvalue weighted by Gasteiger charge is 2.90. The third-order valence-electron chi connectivity index (χ3n) is 3.85. The summed E-state index contributed by atoms with van der Waals surface area (Å²) in [6.07, 6.45) is -7.44. The molecule has 0 spiro atoms. The maximum atomic E-state index is 14.4. The Balaban J connectivity index is 3.76. The van der Waals surface area contributed by atoms with E-state index in [1.807, 2.05) is 0 Å². The Kier molecular flexibility index (Phi) is 7.66. The molecular formula is C14H6Br3F13. The van der Waals surface area contributed by atoms with E-state index in [2.05, 4.69) is 47.8 Å². The summed E-state index contributed by atoms with van der Waals surface area (Å²) in [5.74, 6) is -37.2. The fourth-order valence-electron chi connectivity index (χ4n) is 2.19. The summed E-state index contributed by atoms with van der Waals surface area (Å²) in [4.78, 5) is 0. The van der Waals surface area contributed by atoms with E-state index in [9.17, 15) is 57.1 Å². The van der Waals surface area contributed by atoms with Crippen molar-refractivity contribution in [3.05, 3.63) is 34.9 Å². The van der Waals surface area contributed by atoms with Crippen LogP contribution in [0, 0.1) is 0 Å². The van der Waals surface area contributed by atoms with Gasteiger partial charge in [-0.1, -0.05) is 66.0 Å². The molecule has 0 aliphatic carbocycles. The van der Waals surface area contributed by atoms with Crippen LogP contribution >= 0.6 is 47.8 Å². The molecule has 0 aliphatic rings. The van der Waals surface area contributed by atoms with Gasteiger partial charge in [-0.15, -0.1) is 0 Å². The number of hydrogen-bond donors (Lipinski definition) is 0. The number of rotatable bonds is 7. The van der Waals surface area contributed by atoms with Crippen molar-refractivity contribution in [1.29, 1.82) is 0 Å². The van der Waals surface area contributed by atoms with Crippen LogP contribution < -0.4 is 0 Å². The second-order valence-corrected chi connectivity index (χ2v) is 9.30. The fraction of sp³-hybridized carbons (Fsp3) is 0.571. The Morgan fingerprint density at radius 3 is 1.47 bits per heavy atom. The zero-order valence-electron chi connectivity index (χ0n) is 13.6. The molecule has 0 radical (unpaired) electrons. The summed E-state index contributed by atoms with van der Waals surface area (Å²) in [6, 6.07) is 1.79. The van der Waals surface area contributed by atoms with Crippen molar-refractivity contribution < 1.29 is 57.1 Å². The average Bonchev–Trinajstić information content (AvgIpc) is 2.58. The molecule has 0 saturated heterocycles. The summed E-state index contributed by atoms with van der Waals surface area (Å²) >= 11 is 8.24. The summed E-state index contributed by atoms with van der Waals surface area (Å²) in [5.41, 5.74) is -3.09. The van der Waals surface area contributed by atoms with Crippen LogP contribution in [0.1, 0.15) is 20.4 Å². The minimum Gasteiger partial charge on any atom is -0.194 e. The molecule has 0 fully saturated rings. The minimum atomic E-state index is -7.93. The predicted octanol–water partition coefficient (Wildman–Crippen LogP) is 8.57. The molecule has 0 heterocycles. The van der Waals surface area contributed by atoms with Gasteiger partial charge in [0.15, 0.2) is 0 Å². The molecule has 1 rings (SSSR count). The second-order valence-electron chi connectivity index (χ2n) is 5.68. The summed E-state index contributed by atoms with van der Waals surface area (Å²) in [7, 11) is 0. The van der Waals surface area contributed by atoms with Gasteiger partial charge in [0.1, 0.15) is 0 Å². The van der Waals surface area contributed by atoms with Gasteiger partial charge in [-0.25, -0.2) is 0 Å². The molecule has 16 heteroatoms. The molecule has 0 nitrogen and oxygen atoms in total. The van der Waals surface area contributed by atoms with Gasteiger partial charge in [0.2, 0.25) is 0 Å². The smallest absolute Gasteiger partial charge is 0.194 e. The van der Waals surface area contributed by atoms with Crippen molar-refractivity contribution >= 4 is 47.8 Å². The molecule has 0 N–H and O–H groups in total. The SMILES string of the molecule is FC(F)(F)C(F)(F)C(F)(F)C(F)(F)C(F)(F)C(F)(F)c1cccc(C(Br)Br)c1CBr. The van der Waals surface area contributed by atoms with Gasteiger partial charge in [-0.3, -0.25) is 0 Å². The van der Waals surface area contributed by atoms with Crippen LogP contribution in [0.2, 0.25) is 0 Å². The van der Waals surface area contributed by atoms with E-state index in [1.165, 1.54) is 0 Å². The van der Waals surface area contributed by atoms with Crippen molar-refractivity contribution in [2.45, 2.75) is 44.9 Å². The molecule has 0 aliphatic heterocycles. The monoisotopic (exact) mass is 658 g/mol. The Morgan fingerprint density at radius 2 is 1.10 bits per heavy atom. The van der Waals surface area contributed by atoms with E-state index < -0.39 is 56.0 Å². The molecule has 0 amide bonds. The lowest BCUT2D eigenvalue weighted by atomic mass is 9.88. The fourth-order valence-corrected chi connectivity index (χ4v) is 3.67. The minimum absolute atomic E-state index is 0.118. The number of halogens is 16. The van der Waals surface area contributed by atoms with Gasteiger partial charge < -0.3 is 0 Å². The lowest BCUT2D eigenvalue weighted by Gasteiger charge is -2.40. The van der Waals surface area contributed by atoms with E-state index in [4.69, 9.17) is 0 Å². The summed E-state index contributed by atoms with van der Waals surface area (Å²) in [5, 5.41) is -0.724. The van der Waals surface area contributed by atoms with Crippen LogP contribution in [0.5, 0.6) is 0 Å². The topological polar surface area (TPSA) is 0 Å². The number of hydrogen-bond acceptors (Lipinski definition) is 0. The van der Waals surface area contributed by atoms with Crippen LogP contribution in [0.25, 0.3) is 0 Å². The van der Waals surface area contributed by atoms with Crippen LogP contribution in [0.3, 0.4) is 0 Å². The average molecular weight is 661 g/mol. The van der Waals surface area contributed by atoms with Gasteiger partial charge in [-0.05, 0) is 11.1 Å². The first-order valence-electron chi connectivity index (χ1n) is 7.05. The van der Waals surface area contributed by atoms with E-state index in [-0.39, 0.29) is 11.6 Å². The van der Waals surface area contributed by atoms with Crippen LogP contribution in [0.15, 0.2) is 18.2 Å². The van der Waals surface area contributed by atoms with Crippen molar-refractivity contribution in [2.75, 3.05) is 0 Å². The van der Waals surface area contributed by atoms with E-state index in [0.29, 0.717) is 6.07 Å². The standard InChI is InChI=1S/C14H6Br3F13/c15-4-6-5(8(16)17)2-1-3-7(6)9(18,19)10(20,21)11(22,23)12(24,25)13(26,27)14(28,29)30/h1-3,8H,4H2. The molecule has 174 valence electrons. The van der Waals surface area contributed by atoms with Crippen molar-refractivity contribution in [2.24, 2.45) is 0 Å². The lowest BCUT2D eigenvalue weighted by molar-refractivity contribution is -0.441. The highest BCUT2D eigenvalue weighted by molar-refractivity contribution is 9.24. The van der Waals surface area contributed by atoms with Gasteiger partial charge in [0.25, 0.3) is 0 Å². The van der Waals surface area contributed by atoms with Crippen LogP contribution in [-0.2, 0) is 11.3 Å². The molecular weight excluding hydrogens is 655 g/mol. The van der Waals surface area contributed by atoms with Gasteiger partial charge in [-0.2, -0.15) is 57.1 Å². The van der Waals surface area contributed by atoms with Crippen molar-refractivity contribution in [3.63, 3.8) is 0 Å². The van der Waals surface area contributed by atoms with Gasteiger partial charge in [0.05, 0.1) is 3.74 Å². The normalized spacial score (nSPS) is 15.1.